The van der Waals surface area contributed by atoms with E-state index in [0.29, 0.717) is 22.7 Å². The fourth-order valence-corrected chi connectivity index (χ4v) is 5.36. The first-order valence-electron chi connectivity index (χ1n) is 8.94. The first-order chi connectivity index (χ1) is 13.5. The van der Waals surface area contributed by atoms with E-state index in [0.717, 1.165) is 24.0 Å². The van der Waals surface area contributed by atoms with Gasteiger partial charge in [0.05, 0.1) is 18.5 Å². The average Bonchev–Trinajstić information content (AvgIpc) is 3.34. The summed E-state index contributed by atoms with van der Waals surface area (Å²) < 4.78 is 15.2. The van der Waals surface area contributed by atoms with Crippen molar-refractivity contribution in [1.29, 1.82) is 0 Å². The molecule has 0 saturated carbocycles. The molecule has 146 valence electrons. The maximum Gasteiger partial charge on any atom is 0.226 e. The molecule has 4 atom stereocenters. The molecule has 1 aliphatic carbocycles. The summed E-state index contributed by atoms with van der Waals surface area (Å²) in [5.74, 6) is 0.694. The number of rotatable bonds is 3. The molecule has 0 bridgehead atoms. The van der Waals surface area contributed by atoms with Crippen LogP contribution in [0.1, 0.15) is 29.0 Å². The van der Waals surface area contributed by atoms with Crippen LogP contribution in [0.3, 0.4) is 0 Å². The van der Waals surface area contributed by atoms with Crippen molar-refractivity contribution in [2.24, 2.45) is 0 Å². The SMILES string of the molecule is O[C@@H]1[C@H](O)CS[C@H]1n1cnc2c(N[C@@H]3CCc4cc(F)ccc43)nc(Cl)nc21. The summed E-state index contributed by atoms with van der Waals surface area (Å²) in [6.45, 7) is 0. The third kappa shape index (κ3) is 2.93. The Bertz CT molecular complexity index is 1060. The molecule has 10 heteroatoms. The highest BCUT2D eigenvalue weighted by Crippen LogP contribution is 2.39. The van der Waals surface area contributed by atoms with Crippen molar-refractivity contribution >= 4 is 40.3 Å². The number of aliphatic hydroxyl groups excluding tert-OH is 2. The number of imidazole rings is 1. The summed E-state index contributed by atoms with van der Waals surface area (Å²) in [5, 5.41) is 23.1. The monoisotopic (exact) mass is 421 g/mol. The van der Waals surface area contributed by atoms with Gasteiger partial charge in [0, 0.05) is 5.75 Å². The average molecular weight is 422 g/mol. The standard InChI is InChI=1S/C18H17ClFN5O2S/c19-18-23-15(22-11-4-1-8-5-9(20)2-3-10(8)11)13-16(24-18)25(7-21-13)17-14(27)12(26)6-28-17/h2-3,5,7,11-12,14,17,26-27H,1,4,6H2,(H,22,23,24)/t11-,12-,14-,17-/m1/s1. The number of nitrogens with zero attached hydrogens (tertiary/aromatic N) is 4. The van der Waals surface area contributed by atoms with Crippen LogP contribution < -0.4 is 5.32 Å². The number of aliphatic hydroxyl groups is 2. The van der Waals surface area contributed by atoms with Gasteiger partial charge in [-0.2, -0.15) is 9.97 Å². The van der Waals surface area contributed by atoms with E-state index in [4.69, 9.17) is 11.6 Å². The molecule has 1 aliphatic heterocycles. The van der Waals surface area contributed by atoms with E-state index in [-0.39, 0.29) is 17.1 Å². The van der Waals surface area contributed by atoms with Crippen LogP contribution in [0.15, 0.2) is 24.5 Å². The molecule has 28 heavy (non-hydrogen) atoms. The second kappa shape index (κ2) is 6.84. The molecule has 5 rings (SSSR count). The Kier molecular flexibility index (Phi) is 4.42. The van der Waals surface area contributed by atoms with E-state index in [1.165, 1.54) is 17.8 Å². The zero-order valence-corrected chi connectivity index (χ0v) is 16.2. The third-order valence-corrected chi connectivity index (χ3v) is 6.84. The van der Waals surface area contributed by atoms with E-state index >= 15 is 0 Å². The molecule has 1 fully saturated rings. The predicted octanol–water partition coefficient (Wildman–Crippen LogP) is 2.69. The summed E-state index contributed by atoms with van der Waals surface area (Å²) in [5.41, 5.74) is 3.05. The second-order valence-electron chi connectivity index (χ2n) is 7.03. The van der Waals surface area contributed by atoms with Crippen LogP contribution in [-0.4, -0.2) is 47.7 Å². The second-order valence-corrected chi connectivity index (χ2v) is 8.51. The van der Waals surface area contributed by atoms with E-state index in [2.05, 4.69) is 20.3 Å². The maximum absolute atomic E-state index is 13.5. The van der Waals surface area contributed by atoms with Gasteiger partial charge in [0.1, 0.15) is 17.3 Å². The highest BCUT2D eigenvalue weighted by atomic mass is 35.5. The van der Waals surface area contributed by atoms with E-state index < -0.39 is 17.6 Å². The van der Waals surface area contributed by atoms with Gasteiger partial charge in [0.25, 0.3) is 0 Å². The largest absolute Gasteiger partial charge is 0.389 e. The van der Waals surface area contributed by atoms with Crippen LogP contribution in [0.25, 0.3) is 11.2 Å². The van der Waals surface area contributed by atoms with Crippen LogP contribution in [-0.2, 0) is 6.42 Å². The lowest BCUT2D eigenvalue weighted by atomic mass is 10.1. The fraction of sp³-hybridized carbons (Fsp3) is 0.389. The summed E-state index contributed by atoms with van der Waals surface area (Å²) >= 11 is 7.59. The van der Waals surface area contributed by atoms with Gasteiger partial charge >= 0.3 is 0 Å². The van der Waals surface area contributed by atoms with Gasteiger partial charge in [0.15, 0.2) is 17.0 Å². The minimum absolute atomic E-state index is 0.0248. The number of nitrogens with one attached hydrogen (secondary N) is 1. The fourth-order valence-electron chi connectivity index (χ4n) is 3.91. The van der Waals surface area contributed by atoms with Gasteiger partial charge < -0.3 is 15.5 Å². The number of halogens is 2. The van der Waals surface area contributed by atoms with E-state index in [1.54, 1.807) is 23.0 Å². The predicted molar refractivity (Wildman–Crippen MR) is 105 cm³/mol. The van der Waals surface area contributed by atoms with E-state index in [9.17, 15) is 14.6 Å². The van der Waals surface area contributed by atoms with Crippen LogP contribution in [0.2, 0.25) is 5.28 Å². The van der Waals surface area contributed by atoms with E-state index in [1.807, 2.05) is 0 Å². The molecule has 0 radical (unpaired) electrons. The van der Waals surface area contributed by atoms with Gasteiger partial charge in [-0.25, -0.2) is 9.37 Å². The zero-order chi connectivity index (χ0) is 19.4. The normalized spacial score (nSPS) is 26.7. The quantitative estimate of drug-likeness (QED) is 0.559. The molecule has 0 unspecified atom stereocenters. The Hall–Kier alpha value is -1.94. The number of benzene rings is 1. The lowest BCUT2D eigenvalue weighted by Gasteiger charge is -2.18. The Morgan fingerprint density at radius 2 is 2.14 bits per heavy atom. The van der Waals surface area contributed by atoms with Crippen molar-refractivity contribution < 1.29 is 14.6 Å². The molecule has 1 aromatic carbocycles. The van der Waals surface area contributed by atoms with Gasteiger partial charge in [-0.1, -0.05) is 6.07 Å². The number of aryl methyl sites for hydroxylation is 1. The minimum Gasteiger partial charge on any atom is -0.389 e. The number of hydrogen-bond acceptors (Lipinski definition) is 7. The molecule has 2 aliphatic rings. The molecule has 1 saturated heterocycles. The molecule has 3 heterocycles. The number of anilines is 1. The molecule has 0 spiro atoms. The number of hydrogen-bond donors (Lipinski definition) is 3. The van der Waals surface area contributed by atoms with Crippen molar-refractivity contribution in [3.8, 4) is 0 Å². The van der Waals surface area contributed by atoms with Crippen LogP contribution >= 0.6 is 23.4 Å². The Balaban J connectivity index is 1.51. The lowest BCUT2D eigenvalue weighted by Crippen LogP contribution is -2.27. The number of fused-ring (bicyclic) bond motifs is 2. The topological polar surface area (TPSA) is 96.1 Å². The number of aromatic nitrogens is 4. The number of thioether (sulfide) groups is 1. The van der Waals surface area contributed by atoms with Crippen molar-refractivity contribution in [3.05, 3.63) is 46.8 Å². The molecule has 7 nitrogen and oxygen atoms in total. The Morgan fingerprint density at radius 3 is 2.93 bits per heavy atom. The van der Waals surface area contributed by atoms with Gasteiger partial charge in [0.2, 0.25) is 5.28 Å². The summed E-state index contributed by atoms with van der Waals surface area (Å²) in [4.78, 5) is 13.0. The van der Waals surface area contributed by atoms with Crippen LogP contribution in [0.4, 0.5) is 10.2 Å². The summed E-state index contributed by atoms with van der Waals surface area (Å²) in [6.07, 6.45) is 1.47. The summed E-state index contributed by atoms with van der Waals surface area (Å²) in [6, 6.07) is 4.79. The molecule has 3 aromatic rings. The maximum atomic E-state index is 13.5. The van der Waals surface area contributed by atoms with Crippen molar-refractivity contribution in [1.82, 2.24) is 19.5 Å². The molecular weight excluding hydrogens is 405 g/mol. The van der Waals surface area contributed by atoms with Gasteiger partial charge in [-0.05, 0) is 47.7 Å². The first kappa shape index (κ1) is 18.1. The Labute approximate surface area is 169 Å². The molecular formula is C18H17ClFN5O2S. The van der Waals surface area contributed by atoms with Crippen molar-refractivity contribution in [2.75, 3.05) is 11.1 Å². The van der Waals surface area contributed by atoms with Gasteiger partial charge in [-0.15, -0.1) is 11.8 Å². The minimum atomic E-state index is -0.913. The smallest absolute Gasteiger partial charge is 0.226 e. The van der Waals surface area contributed by atoms with Crippen molar-refractivity contribution in [2.45, 2.75) is 36.5 Å². The zero-order valence-electron chi connectivity index (χ0n) is 14.6. The Morgan fingerprint density at radius 1 is 1.29 bits per heavy atom. The summed E-state index contributed by atoms with van der Waals surface area (Å²) in [7, 11) is 0. The van der Waals surface area contributed by atoms with Crippen molar-refractivity contribution in [3.63, 3.8) is 0 Å². The lowest BCUT2D eigenvalue weighted by molar-refractivity contribution is 0.0313. The van der Waals surface area contributed by atoms with Crippen LogP contribution in [0, 0.1) is 5.82 Å². The van der Waals surface area contributed by atoms with Gasteiger partial charge in [-0.3, -0.25) is 4.57 Å². The van der Waals surface area contributed by atoms with Crippen LogP contribution in [0.5, 0.6) is 0 Å². The molecule has 3 N–H and O–H groups in total. The first-order valence-corrected chi connectivity index (χ1v) is 10.4. The molecule has 2 aromatic heterocycles. The highest BCUT2D eigenvalue weighted by molar-refractivity contribution is 7.99. The molecule has 0 amide bonds. The third-order valence-electron chi connectivity index (χ3n) is 5.29. The highest BCUT2D eigenvalue weighted by Gasteiger charge is 2.36.